The van der Waals surface area contributed by atoms with E-state index in [1.54, 1.807) is 33.7 Å². The molecule has 10 nitrogen and oxygen atoms in total. The number of nitrogens with zero attached hydrogens (tertiary/aromatic N) is 7. The largest absolute Gasteiger partial charge is 0.493 e. The summed E-state index contributed by atoms with van der Waals surface area (Å²) in [7, 11) is 6.57. The van der Waals surface area contributed by atoms with E-state index in [4.69, 9.17) is 14.2 Å². The molecule has 0 fully saturated rings. The molecule has 0 saturated heterocycles. The lowest BCUT2D eigenvalue weighted by atomic mass is 9.91. The third kappa shape index (κ3) is 4.16. The first-order valence-electron chi connectivity index (χ1n) is 12.4. The third-order valence-corrected chi connectivity index (χ3v) is 6.98. The first kappa shape index (κ1) is 26.3. The van der Waals surface area contributed by atoms with Crippen LogP contribution in [-0.2, 0) is 12.5 Å². The van der Waals surface area contributed by atoms with E-state index >= 15 is 0 Å². The number of hydrogen-bond donors (Lipinski definition) is 0. The van der Waals surface area contributed by atoms with Crippen molar-refractivity contribution < 1.29 is 14.2 Å². The average Bonchev–Trinajstić information content (AvgIpc) is 3.27. The Morgan fingerprint density at radius 3 is 2.17 bits per heavy atom. The molecule has 200 valence electrons. The van der Waals surface area contributed by atoms with Crippen molar-refractivity contribution in [2.24, 2.45) is 12.0 Å². The highest BCUT2D eigenvalue weighted by molar-refractivity contribution is 6.04. The van der Waals surface area contributed by atoms with Crippen molar-refractivity contribution in [3.8, 4) is 46.3 Å². The summed E-state index contributed by atoms with van der Waals surface area (Å²) >= 11 is 0. The van der Waals surface area contributed by atoms with Gasteiger partial charge >= 0.3 is 0 Å². The first-order chi connectivity index (χ1) is 19.3. The molecule has 0 aliphatic heterocycles. The van der Waals surface area contributed by atoms with Crippen LogP contribution in [0.4, 0.5) is 0 Å². The molecule has 0 N–H and O–H groups in total. The minimum atomic E-state index is -0.742. The highest BCUT2D eigenvalue weighted by Gasteiger charge is 2.22. The number of pyridine rings is 2. The van der Waals surface area contributed by atoms with Gasteiger partial charge in [-0.3, -0.25) is 14.5 Å². The SMILES string of the molecule is COc1cc(-c2ccc3ncc4c(c3c2)n(-c2ccc(C(C)(C)C#N)nc2)c(=NC#N)n4C)cc(OC)c1OC. The monoisotopic (exact) mass is 533 g/mol. The van der Waals surface area contributed by atoms with E-state index in [1.807, 2.05) is 78.7 Å². The highest BCUT2D eigenvalue weighted by atomic mass is 16.5. The molecule has 10 heteroatoms. The third-order valence-electron chi connectivity index (χ3n) is 6.98. The van der Waals surface area contributed by atoms with Crippen molar-refractivity contribution in [3.05, 3.63) is 66.2 Å². The second-order valence-corrected chi connectivity index (χ2v) is 9.68. The highest BCUT2D eigenvalue weighted by Crippen LogP contribution is 2.42. The molecule has 5 rings (SSSR count). The van der Waals surface area contributed by atoms with Gasteiger partial charge in [-0.05, 0) is 61.4 Å². The molecule has 0 bridgehead atoms. The minimum Gasteiger partial charge on any atom is -0.493 e. The number of fused-ring (bicyclic) bond motifs is 3. The van der Waals surface area contributed by atoms with Gasteiger partial charge in [0, 0.05) is 12.4 Å². The van der Waals surface area contributed by atoms with Gasteiger partial charge in [0.15, 0.2) is 11.5 Å². The molecular weight excluding hydrogens is 506 g/mol. The van der Waals surface area contributed by atoms with Crippen LogP contribution in [0.25, 0.3) is 38.8 Å². The molecule has 0 unspecified atom stereocenters. The molecule has 0 aliphatic rings. The van der Waals surface area contributed by atoms with Crippen LogP contribution < -0.4 is 19.8 Å². The van der Waals surface area contributed by atoms with Gasteiger partial charge in [0.25, 0.3) is 0 Å². The zero-order chi connectivity index (χ0) is 28.6. The second-order valence-electron chi connectivity index (χ2n) is 9.68. The predicted octanol–water partition coefficient (Wildman–Crippen LogP) is 4.79. The molecule has 0 atom stereocenters. The molecule has 0 radical (unpaired) electrons. The van der Waals surface area contributed by atoms with E-state index in [2.05, 4.69) is 21.0 Å². The molecule has 0 saturated carbocycles. The normalized spacial score (nSPS) is 11.8. The van der Waals surface area contributed by atoms with Crippen LogP contribution >= 0.6 is 0 Å². The summed E-state index contributed by atoms with van der Waals surface area (Å²) in [6.45, 7) is 3.64. The van der Waals surface area contributed by atoms with Gasteiger partial charge in [0.2, 0.25) is 17.6 Å². The van der Waals surface area contributed by atoms with Crippen LogP contribution in [0.1, 0.15) is 19.5 Å². The topological polar surface area (TPSA) is 123 Å². The first-order valence-corrected chi connectivity index (χ1v) is 12.4. The van der Waals surface area contributed by atoms with E-state index in [0.717, 1.165) is 33.1 Å². The van der Waals surface area contributed by atoms with E-state index in [0.29, 0.717) is 34.2 Å². The number of hydrogen-bond acceptors (Lipinski definition) is 8. The number of benzene rings is 2. The van der Waals surface area contributed by atoms with Gasteiger partial charge < -0.3 is 18.8 Å². The summed E-state index contributed by atoms with van der Waals surface area (Å²) in [5.41, 5.74) is 5.14. The number of methoxy groups -OCH3 is 3. The Kier molecular flexibility index (Phi) is 6.62. The summed E-state index contributed by atoms with van der Waals surface area (Å²) in [5, 5.41) is 19.9. The summed E-state index contributed by atoms with van der Waals surface area (Å²) in [6.07, 6.45) is 5.38. The zero-order valence-electron chi connectivity index (χ0n) is 23.1. The van der Waals surface area contributed by atoms with Gasteiger partial charge in [-0.1, -0.05) is 6.07 Å². The molecule has 3 aromatic heterocycles. The van der Waals surface area contributed by atoms with E-state index in [9.17, 15) is 10.5 Å². The molecule has 5 aromatic rings. The lowest BCUT2D eigenvalue weighted by Crippen LogP contribution is -2.23. The van der Waals surface area contributed by atoms with Crippen LogP contribution in [0, 0.1) is 22.8 Å². The van der Waals surface area contributed by atoms with Crippen LogP contribution in [0.2, 0.25) is 0 Å². The fourth-order valence-corrected chi connectivity index (χ4v) is 4.79. The Hall–Kier alpha value is -5.35. The molecule has 40 heavy (non-hydrogen) atoms. The average molecular weight is 534 g/mol. The van der Waals surface area contributed by atoms with Crippen molar-refractivity contribution in [3.63, 3.8) is 0 Å². The summed E-state index contributed by atoms with van der Waals surface area (Å²) in [4.78, 5) is 13.4. The molecule has 0 aliphatic carbocycles. The van der Waals surface area contributed by atoms with E-state index < -0.39 is 5.41 Å². The number of nitriles is 2. The van der Waals surface area contributed by atoms with Crippen molar-refractivity contribution >= 4 is 21.9 Å². The van der Waals surface area contributed by atoms with Crippen LogP contribution in [0.3, 0.4) is 0 Å². The summed E-state index contributed by atoms with van der Waals surface area (Å²) in [6, 6.07) is 15.7. The fourth-order valence-electron chi connectivity index (χ4n) is 4.79. The van der Waals surface area contributed by atoms with Gasteiger partial charge in [0.05, 0.1) is 73.1 Å². The Labute approximate surface area is 231 Å². The minimum absolute atomic E-state index is 0.416. The standard InChI is InChI=1S/C30H27N7O3/c1-30(2,16-31)26-10-8-20(14-34-26)37-27-21-11-18(19-12-24(38-4)28(40-6)25(13-19)39-5)7-9-22(21)33-15-23(27)36(3)29(37)35-17-32/h7-15H,1-6H3. The Morgan fingerprint density at radius 2 is 1.60 bits per heavy atom. The van der Waals surface area contributed by atoms with E-state index in [1.165, 1.54) is 0 Å². The Balaban J connectivity index is 1.82. The fraction of sp³-hybridized carbons (Fsp3) is 0.233. The van der Waals surface area contributed by atoms with Gasteiger partial charge in [-0.15, -0.1) is 4.99 Å². The number of ether oxygens (including phenoxy) is 3. The van der Waals surface area contributed by atoms with Gasteiger partial charge in [0.1, 0.15) is 0 Å². The van der Waals surface area contributed by atoms with Crippen molar-refractivity contribution in [2.45, 2.75) is 19.3 Å². The maximum absolute atomic E-state index is 9.55. The van der Waals surface area contributed by atoms with Crippen molar-refractivity contribution in [1.29, 1.82) is 10.5 Å². The van der Waals surface area contributed by atoms with Crippen LogP contribution in [0.5, 0.6) is 17.2 Å². The van der Waals surface area contributed by atoms with Crippen LogP contribution in [-0.4, -0.2) is 40.4 Å². The number of rotatable bonds is 6. The van der Waals surface area contributed by atoms with Crippen molar-refractivity contribution in [2.75, 3.05) is 21.3 Å². The Bertz CT molecular complexity index is 1900. The molecule has 0 amide bonds. The van der Waals surface area contributed by atoms with Crippen molar-refractivity contribution in [1.82, 2.24) is 19.1 Å². The predicted molar refractivity (Wildman–Crippen MR) is 150 cm³/mol. The van der Waals surface area contributed by atoms with Gasteiger partial charge in [-0.2, -0.15) is 10.5 Å². The zero-order valence-corrected chi connectivity index (χ0v) is 23.1. The molecule has 0 spiro atoms. The maximum Gasteiger partial charge on any atom is 0.226 e. The second kappa shape index (κ2) is 10.1. The van der Waals surface area contributed by atoms with Gasteiger partial charge in [-0.25, -0.2) is 0 Å². The molecular formula is C30H27N7O3. The molecule has 3 heterocycles. The number of aromatic nitrogens is 4. The number of imidazole rings is 1. The number of aryl methyl sites for hydroxylation is 1. The maximum atomic E-state index is 9.55. The summed E-state index contributed by atoms with van der Waals surface area (Å²) < 4.78 is 20.3. The lowest BCUT2D eigenvalue weighted by molar-refractivity contribution is 0.324. The smallest absolute Gasteiger partial charge is 0.226 e. The Morgan fingerprint density at radius 1 is 0.875 bits per heavy atom. The summed E-state index contributed by atoms with van der Waals surface area (Å²) in [5.74, 6) is 1.60. The van der Waals surface area contributed by atoms with Crippen LogP contribution in [0.15, 0.2) is 59.9 Å². The lowest BCUT2D eigenvalue weighted by Gasteiger charge is -2.15. The van der Waals surface area contributed by atoms with E-state index in [-0.39, 0.29) is 0 Å². The quantitative estimate of drug-likeness (QED) is 0.288. The molecule has 2 aromatic carbocycles.